The maximum Gasteiger partial charge on any atom is 0.315 e. The maximum absolute atomic E-state index is 11.7. The third kappa shape index (κ3) is 3.80. The zero-order valence-corrected chi connectivity index (χ0v) is 11.0. The van der Waals surface area contributed by atoms with Crippen LogP contribution in [0, 0.1) is 10.1 Å². The molecule has 0 unspecified atom stereocenters. The second-order valence-electron chi connectivity index (χ2n) is 4.03. The number of carbonyl (C=O) groups is 1. The number of hydrogen-bond donors (Lipinski definition) is 0. The normalized spacial score (nSPS) is 10.1. The number of non-ortho nitro benzene ring substituents is 1. The predicted molar refractivity (Wildman–Crippen MR) is 73.9 cm³/mol. The highest BCUT2D eigenvalue weighted by molar-refractivity contribution is 6.30. The topological polar surface area (TPSA) is 69.4 Å². The summed E-state index contributed by atoms with van der Waals surface area (Å²) < 4.78 is 5.06. The zero-order chi connectivity index (χ0) is 14.5. The van der Waals surface area contributed by atoms with E-state index in [0.29, 0.717) is 5.02 Å². The van der Waals surface area contributed by atoms with Crippen molar-refractivity contribution in [1.82, 2.24) is 0 Å². The van der Waals surface area contributed by atoms with Crippen molar-refractivity contribution in [1.29, 1.82) is 0 Å². The molecule has 2 rings (SSSR count). The Morgan fingerprint density at radius 3 is 2.55 bits per heavy atom. The quantitative estimate of drug-likeness (QED) is 0.375. The van der Waals surface area contributed by atoms with E-state index in [2.05, 4.69) is 0 Å². The van der Waals surface area contributed by atoms with Crippen LogP contribution < -0.4 is 4.74 Å². The zero-order valence-electron chi connectivity index (χ0n) is 10.3. The van der Waals surface area contributed by atoms with Crippen molar-refractivity contribution < 1.29 is 14.5 Å². The first kappa shape index (κ1) is 14.0. The minimum absolute atomic E-state index is 0.0693. The first-order valence-corrected chi connectivity index (χ1v) is 6.12. The number of carbonyl (C=O) groups excluding carboxylic acids is 1. The summed E-state index contributed by atoms with van der Waals surface area (Å²) in [7, 11) is 0. The summed E-state index contributed by atoms with van der Waals surface area (Å²) in [6.07, 6.45) is 0.0693. The Balaban J connectivity index is 2.02. The van der Waals surface area contributed by atoms with Crippen LogP contribution in [0.3, 0.4) is 0 Å². The van der Waals surface area contributed by atoms with Gasteiger partial charge in [0, 0.05) is 11.1 Å². The Labute approximate surface area is 119 Å². The van der Waals surface area contributed by atoms with Crippen LogP contribution in [0.5, 0.6) is 5.75 Å². The van der Waals surface area contributed by atoms with Crippen LogP contribution in [-0.2, 0) is 11.2 Å². The number of ether oxygens (including phenoxy) is 1. The molecular weight excluding hydrogens is 282 g/mol. The summed E-state index contributed by atoms with van der Waals surface area (Å²) >= 11 is 5.75. The summed E-state index contributed by atoms with van der Waals surface area (Å²) in [5.41, 5.74) is 0.631. The largest absolute Gasteiger partial charge is 0.426 e. The average molecular weight is 292 g/mol. The minimum atomic E-state index is -0.545. The van der Waals surface area contributed by atoms with Gasteiger partial charge in [-0.15, -0.1) is 0 Å². The molecule has 0 amide bonds. The number of esters is 1. The standard InChI is InChI=1S/C14H10ClNO4/c15-11-6-4-10(5-7-11)8-14(17)20-13-3-1-2-12(9-13)16(18)19/h1-7,9H,8H2. The van der Waals surface area contributed by atoms with E-state index in [1.807, 2.05) is 0 Å². The van der Waals surface area contributed by atoms with Crippen molar-refractivity contribution in [2.75, 3.05) is 0 Å². The summed E-state index contributed by atoms with van der Waals surface area (Å²) in [4.78, 5) is 21.8. The second-order valence-corrected chi connectivity index (χ2v) is 4.47. The smallest absolute Gasteiger partial charge is 0.315 e. The monoisotopic (exact) mass is 291 g/mol. The average Bonchev–Trinajstić information content (AvgIpc) is 2.41. The molecule has 0 aromatic heterocycles. The van der Waals surface area contributed by atoms with Gasteiger partial charge in [-0.05, 0) is 23.8 Å². The summed E-state index contributed by atoms with van der Waals surface area (Å²) in [5.74, 6) is -0.342. The van der Waals surface area contributed by atoms with E-state index in [1.165, 1.54) is 24.3 Å². The molecule has 0 aliphatic heterocycles. The fraction of sp³-hybridized carbons (Fsp3) is 0.0714. The van der Waals surface area contributed by atoms with Crippen LogP contribution in [-0.4, -0.2) is 10.9 Å². The van der Waals surface area contributed by atoms with Gasteiger partial charge in [-0.2, -0.15) is 0 Å². The van der Waals surface area contributed by atoms with Gasteiger partial charge in [0.25, 0.3) is 5.69 Å². The molecule has 0 heterocycles. The van der Waals surface area contributed by atoms with Gasteiger partial charge in [0.1, 0.15) is 5.75 Å². The van der Waals surface area contributed by atoms with Gasteiger partial charge in [-0.1, -0.05) is 29.8 Å². The van der Waals surface area contributed by atoms with E-state index in [9.17, 15) is 14.9 Å². The van der Waals surface area contributed by atoms with Gasteiger partial charge >= 0.3 is 5.97 Å². The van der Waals surface area contributed by atoms with Crippen LogP contribution in [0.1, 0.15) is 5.56 Å². The molecule has 0 spiro atoms. The third-order valence-electron chi connectivity index (χ3n) is 2.52. The Hall–Kier alpha value is -2.40. The Bertz CT molecular complexity index is 640. The van der Waals surface area contributed by atoms with E-state index < -0.39 is 10.9 Å². The highest BCUT2D eigenvalue weighted by Crippen LogP contribution is 2.19. The van der Waals surface area contributed by atoms with Gasteiger partial charge in [-0.3, -0.25) is 14.9 Å². The molecule has 0 atom stereocenters. The van der Waals surface area contributed by atoms with Crippen molar-refractivity contribution in [2.24, 2.45) is 0 Å². The number of nitro benzene ring substituents is 1. The van der Waals surface area contributed by atoms with Crippen molar-refractivity contribution in [3.8, 4) is 5.75 Å². The molecule has 6 heteroatoms. The fourth-order valence-electron chi connectivity index (χ4n) is 1.60. The van der Waals surface area contributed by atoms with Crippen LogP contribution >= 0.6 is 11.6 Å². The van der Waals surface area contributed by atoms with E-state index in [4.69, 9.17) is 16.3 Å². The van der Waals surface area contributed by atoms with Crippen LogP contribution in [0.15, 0.2) is 48.5 Å². The molecule has 0 saturated heterocycles. The SMILES string of the molecule is O=C(Cc1ccc(Cl)cc1)Oc1cccc([N+](=O)[O-])c1. The van der Waals surface area contributed by atoms with Crippen LogP contribution in [0.2, 0.25) is 5.02 Å². The van der Waals surface area contributed by atoms with Gasteiger partial charge in [0.15, 0.2) is 0 Å². The molecular formula is C14H10ClNO4. The number of nitrogens with zero attached hydrogens (tertiary/aromatic N) is 1. The first-order chi connectivity index (χ1) is 9.54. The number of benzene rings is 2. The van der Waals surface area contributed by atoms with Crippen molar-refractivity contribution in [3.63, 3.8) is 0 Å². The molecule has 5 nitrogen and oxygen atoms in total. The molecule has 0 fully saturated rings. The molecule has 102 valence electrons. The van der Waals surface area contributed by atoms with Gasteiger partial charge in [-0.25, -0.2) is 0 Å². The maximum atomic E-state index is 11.7. The lowest BCUT2D eigenvalue weighted by atomic mass is 10.1. The van der Waals surface area contributed by atoms with E-state index in [1.54, 1.807) is 24.3 Å². The van der Waals surface area contributed by atoms with Gasteiger partial charge < -0.3 is 4.74 Å². The van der Waals surface area contributed by atoms with E-state index in [0.717, 1.165) is 5.56 Å². The molecule has 20 heavy (non-hydrogen) atoms. The lowest BCUT2D eigenvalue weighted by molar-refractivity contribution is -0.384. The third-order valence-corrected chi connectivity index (χ3v) is 2.77. The molecule has 2 aromatic carbocycles. The summed E-state index contributed by atoms with van der Waals surface area (Å²) in [5, 5.41) is 11.2. The van der Waals surface area contributed by atoms with Gasteiger partial charge in [0.05, 0.1) is 17.4 Å². The Morgan fingerprint density at radius 1 is 1.20 bits per heavy atom. The fourth-order valence-corrected chi connectivity index (χ4v) is 1.72. The Kier molecular flexibility index (Phi) is 4.32. The van der Waals surface area contributed by atoms with Crippen LogP contribution in [0.25, 0.3) is 0 Å². The molecule has 0 aliphatic rings. The van der Waals surface area contributed by atoms with Crippen molar-refractivity contribution in [3.05, 3.63) is 69.2 Å². The molecule has 0 N–H and O–H groups in total. The van der Waals surface area contributed by atoms with Crippen LogP contribution in [0.4, 0.5) is 5.69 Å². The predicted octanol–water partition coefficient (Wildman–Crippen LogP) is 3.40. The lowest BCUT2D eigenvalue weighted by Crippen LogP contribution is -2.11. The minimum Gasteiger partial charge on any atom is -0.426 e. The highest BCUT2D eigenvalue weighted by Gasteiger charge is 2.10. The molecule has 0 saturated carbocycles. The lowest BCUT2D eigenvalue weighted by Gasteiger charge is -2.04. The van der Waals surface area contributed by atoms with E-state index >= 15 is 0 Å². The number of halogens is 1. The summed E-state index contributed by atoms with van der Waals surface area (Å²) in [6, 6.07) is 12.3. The van der Waals surface area contributed by atoms with Crippen molar-refractivity contribution >= 4 is 23.3 Å². The second kappa shape index (κ2) is 6.16. The Morgan fingerprint density at radius 2 is 1.90 bits per heavy atom. The first-order valence-electron chi connectivity index (χ1n) is 5.74. The summed E-state index contributed by atoms with van der Waals surface area (Å²) in [6.45, 7) is 0. The number of nitro groups is 1. The molecule has 0 aliphatic carbocycles. The number of rotatable bonds is 4. The highest BCUT2D eigenvalue weighted by atomic mass is 35.5. The molecule has 2 aromatic rings. The molecule has 0 bridgehead atoms. The molecule has 0 radical (unpaired) electrons. The number of hydrogen-bond acceptors (Lipinski definition) is 4. The van der Waals surface area contributed by atoms with Crippen molar-refractivity contribution in [2.45, 2.75) is 6.42 Å². The van der Waals surface area contributed by atoms with E-state index in [-0.39, 0.29) is 17.9 Å². The van der Waals surface area contributed by atoms with Gasteiger partial charge in [0.2, 0.25) is 0 Å².